The molecule has 1 N–H and O–H groups in total. The molecule has 0 aliphatic rings. The Balaban J connectivity index is 2.13. The van der Waals surface area contributed by atoms with Crippen LogP contribution in [0.5, 0.6) is 0 Å². The minimum Gasteiger partial charge on any atom is -0.336 e. The zero-order valence-electron chi connectivity index (χ0n) is 11.0. The Bertz CT molecular complexity index is 464. The monoisotopic (exact) mass is 244 g/mol. The van der Waals surface area contributed by atoms with Crippen molar-refractivity contribution in [2.45, 2.75) is 25.8 Å². The topological polar surface area (TPSA) is 42.7 Å². The molecule has 0 aliphatic heterocycles. The molecule has 2 aromatic rings. The zero-order chi connectivity index (χ0) is 12.8. The number of nitrogens with one attached hydrogen (secondary N) is 1. The summed E-state index contributed by atoms with van der Waals surface area (Å²) in [4.78, 5) is 8.59. The molecule has 0 amide bonds. The maximum Gasteiger partial charge on any atom is 0.0946 e. The summed E-state index contributed by atoms with van der Waals surface area (Å²) >= 11 is 0. The summed E-state index contributed by atoms with van der Waals surface area (Å²) in [6.07, 6.45) is 7.62. The van der Waals surface area contributed by atoms with Crippen LogP contribution in [0.2, 0.25) is 0 Å². The molecule has 2 aromatic heterocycles. The minimum absolute atomic E-state index is 0.271. The standard InChI is InChI=1S/C14H20N4/c1-3-7-17-13(14-10-15-11-18(14)2)9-12-6-4-5-8-16-12/h4-6,8,10-11,13,17H,3,7,9H2,1-2H3. The third-order valence-corrected chi connectivity index (χ3v) is 2.99. The number of hydrogen-bond donors (Lipinski definition) is 1. The van der Waals surface area contributed by atoms with Gasteiger partial charge in [-0.05, 0) is 25.1 Å². The normalized spacial score (nSPS) is 12.6. The van der Waals surface area contributed by atoms with Crippen LogP contribution in [0.15, 0.2) is 36.9 Å². The van der Waals surface area contributed by atoms with Crippen LogP contribution in [-0.2, 0) is 13.5 Å². The molecule has 18 heavy (non-hydrogen) atoms. The van der Waals surface area contributed by atoms with E-state index in [1.165, 1.54) is 5.69 Å². The molecule has 0 fully saturated rings. The quantitative estimate of drug-likeness (QED) is 0.846. The van der Waals surface area contributed by atoms with Gasteiger partial charge in [-0.2, -0.15) is 0 Å². The Morgan fingerprint density at radius 3 is 2.89 bits per heavy atom. The predicted octanol–water partition coefficient (Wildman–Crippen LogP) is 2.10. The summed E-state index contributed by atoms with van der Waals surface area (Å²) in [5, 5.41) is 3.56. The smallest absolute Gasteiger partial charge is 0.0946 e. The largest absolute Gasteiger partial charge is 0.336 e. The van der Waals surface area contributed by atoms with E-state index in [2.05, 4.69) is 32.8 Å². The fraction of sp³-hybridized carbons (Fsp3) is 0.429. The maximum absolute atomic E-state index is 4.40. The van der Waals surface area contributed by atoms with E-state index < -0.39 is 0 Å². The molecule has 2 rings (SSSR count). The van der Waals surface area contributed by atoms with Crippen LogP contribution in [0.25, 0.3) is 0 Å². The molecule has 2 heterocycles. The highest BCUT2D eigenvalue weighted by Gasteiger charge is 2.15. The van der Waals surface area contributed by atoms with Gasteiger partial charge >= 0.3 is 0 Å². The minimum atomic E-state index is 0.271. The van der Waals surface area contributed by atoms with Crippen molar-refractivity contribution < 1.29 is 0 Å². The third-order valence-electron chi connectivity index (χ3n) is 2.99. The second kappa shape index (κ2) is 6.31. The van der Waals surface area contributed by atoms with Crippen LogP contribution in [0.4, 0.5) is 0 Å². The Hall–Kier alpha value is -1.68. The van der Waals surface area contributed by atoms with Crippen LogP contribution in [-0.4, -0.2) is 21.1 Å². The molecule has 1 unspecified atom stereocenters. The lowest BCUT2D eigenvalue weighted by Gasteiger charge is -2.18. The fourth-order valence-electron chi connectivity index (χ4n) is 2.03. The highest BCUT2D eigenvalue weighted by molar-refractivity contribution is 5.12. The van der Waals surface area contributed by atoms with Gasteiger partial charge in [-0.25, -0.2) is 4.98 Å². The lowest BCUT2D eigenvalue weighted by Crippen LogP contribution is -2.26. The van der Waals surface area contributed by atoms with Gasteiger partial charge in [0.15, 0.2) is 0 Å². The summed E-state index contributed by atoms with van der Waals surface area (Å²) < 4.78 is 2.07. The van der Waals surface area contributed by atoms with Gasteiger partial charge in [0.2, 0.25) is 0 Å². The van der Waals surface area contributed by atoms with E-state index in [1.807, 2.05) is 37.9 Å². The zero-order valence-corrected chi connectivity index (χ0v) is 11.0. The van der Waals surface area contributed by atoms with Gasteiger partial charge in [-0.15, -0.1) is 0 Å². The van der Waals surface area contributed by atoms with Crippen molar-refractivity contribution in [3.63, 3.8) is 0 Å². The number of imidazole rings is 1. The molecule has 96 valence electrons. The Labute approximate surface area is 108 Å². The van der Waals surface area contributed by atoms with E-state index in [-0.39, 0.29) is 6.04 Å². The van der Waals surface area contributed by atoms with Crippen molar-refractivity contribution in [3.8, 4) is 0 Å². The number of nitrogens with zero attached hydrogens (tertiary/aromatic N) is 3. The number of hydrogen-bond acceptors (Lipinski definition) is 3. The number of pyridine rings is 1. The Morgan fingerprint density at radius 2 is 2.28 bits per heavy atom. The lowest BCUT2D eigenvalue weighted by molar-refractivity contribution is 0.500. The fourth-order valence-corrected chi connectivity index (χ4v) is 2.03. The molecule has 0 aliphatic carbocycles. The third kappa shape index (κ3) is 3.17. The first-order valence-corrected chi connectivity index (χ1v) is 6.40. The van der Waals surface area contributed by atoms with Gasteiger partial charge in [-0.3, -0.25) is 4.98 Å². The van der Waals surface area contributed by atoms with Gasteiger partial charge in [-0.1, -0.05) is 13.0 Å². The van der Waals surface area contributed by atoms with E-state index in [0.717, 1.165) is 25.1 Å². The first-order valence-electron chi connectivity index (χ1n) is 6.40. The molecule has 0 saturated heterocycles. The molecule has 1 atom stereocenters. The van der Waals surface area contributed by atoms with Crippen molar-refractivity contribution in [1.29, 1.82) is 0 Å². The van der Waals surface area contributed by atoms with Crippen LogP contribution in [0, 0.1) is 0 Å². The predicted molar refractivity (Wildman–Crippen MR) is 72.2 cm³/mol. The summed E-state index contributed by atoms with van der Waals surface area (Å²) in [6.45, 7) is 3.18. The molecule has 0 saturated carbocycles. The van der Waals surface area contributed by atoms with Crippen molar-refractivity contribution >= 4 is 0 Å². The van der Waals surface area contributed by atoms with Crippen molar-refractivity contribution in [2.24, 2.45) is 7.05 Å². The van der Waals surface area contributed by atoms with Gasteiger partial charge < -0.3 is 9.88 Å². The lowest BCUT2D eigenvalue weighted by atomic mass is 10.1. The number of aryl methyl sites for hydroxylation is 1. The molecular weight excluding hydrogens is 224 g/mol. The van der Waals surface area contributed by atoms with Crippen molar-refractivity contribution in [2.75, 3.05) is 6.54 Å². The SMILES string of the molecule is CCCNC(Cc1ccccn1)c1cncn1C. The number of aromatic nitrogens is 3. The molecule has 0 radical (unpaired) electrons. The van der Waals surface area contributed by atoms with E-state index in [0.29, 0.717) is 0 Å². The molecule has 0 aromatic carbocycles. The van der Waals surface area contributed by atoms with E-state index >= 15 is 0 Å². The molecule has 0 bridgehead atoms. The van der Waals surface area contributed by atoms with Gasteiger partial charge in [0.1, 0.15) is 0 Å². The molecule has 4 heteroatoms. The van der Waals surface area contributed by atoms with Gasteiger partial charge in [0.25, 0.3) is 0 Å². The summed E-state index contributed by atoms with van der Waals surface area (Å²) in [5.74, 6) is 0. The molecule has 0 spiro atoms. The second-order valence-corrected chi connectivity index (χ2v) is 4.46. The van der Waals surface area contributed by atoms with Crippen molar-refractivity contribution in [3.05, 3.63) is 48.3 Å². The van der Waals surface area contributed by atoms with Crippen LogP contribution >= 0.6 is 0 Å². The Kier molecular flexibility index (Phi) is 4.47. The maximum atomic E-state index is 4.40. The number of rotatable bonds is 6. The van der Waals surface area contributed by atoms with Gasteiger partial charge in [0.05, 0.1) is 18.1 Å². The Morgan fingerprint density at radius 1 is 1.39 bits per heavy atom. The highest BCUT2D eigenvalue weighted by Crippen LogP contribution is 2.16. The van der Waals surface area contributed by atoms with Crippen LogP contribution < -0.4 is 5.32 Å². The van der Waals surface area contributed by atoms with E-state index in [1.54, 1.807) is 0 Å². The van der Waals surface area contributed by atoms with Crippen LogP contribution in [0.1, 0.15) is 30.8 Å². The van der Waals surface area contributed by atoms with Crippen molar-refractivity contribution in [1.82, 2.24) is 19.9 Å². The van der Waals surface area contributed by atoms with E-state index in [9.17, 15) is 0 Å². The average molecular weight is 244 g/mol. The van der Waals surface area contributed by atoms with Crippen LogP contribution in [0.3, 0.4) is 0 Å². The first kappa shape index (κ1) is 12.8. The summed E-state index contributed by atoms with van der Waals surface area (Å²) in [5.41, 5.74) is 2.31. The molecule has 4 nitrogen and oxygen atoms in total. The van der Waals surface area contributed by atoms with E-state index in [4.69, 9.17) is 0 Å². The average Bonchev–Trinajstić information content (AvgIpc) is 2.82. The molecular formula is C14H20N4. The highest BCUT2D eigenvalue weighted by atomic mass is 15.1. The summed E-state index contributed by atoms with van der Waals surface area (Å²) in [6, 6.07) is 6.31. The first-order chi connectivity index (χ1) is 8.81. The second-order valence-electron chi connectivity index (χ2n) is 4.46. The van der Waals surface area contributed by atoms with Gasteiger partial charge in [0, 0.05) is 31.6 Å². The summed E-state index contributed by atoms with van der Waals surface area (Å²) in [7, 11) is 2.03.